The molecule has 0 atom stereocenters. The van der Waals surface area contributed by atoms with Crippen molar-refractivity contribution in [2.75, 3.05) is 5.75 Å². The first-order valence-electron chi connectivity index (χ1n) is 4.61. The van der Waals surface area contributed by atoms with Crippen molar-refractivity contribution in [1.82, 2.24) is 9.97 Å². The van der Waals surface area contributed by atoms with Crippen molar-refractivity contribution in [2.24, 2.45) is 0 Å². The highest BCUT2D eigenvalue weighted by atomic mass is 32.2. The van der Waals surface area contributed by atoms with Gasteiger partial charge in [0.05, 0.1) is 0 Å². The van der Waals surface area contributed by atoms with Gasteiger partial charge < -0.3 is 0 Å². The molecule has 0 aromatic carbocycles. The van der Waals surface area contributed by atoms with E-state index >= 15 is 0 Å². The third-order valence-electron chi connectivity index (χ3n) is 1.66. The van der Waals surface area contributed by atoms with Crippen LogP contribution in [0.1, 0.15) is 24.2 Å². The first-order valence-corrected chi connectivity index (χ1v) is 5.59. The SMILES string of the molecule is C#CCCCSc1nc(C)cc(C)n1. The Balaban J connectivity index is 2.47. The normalized spacial score (nSPS) is 9.79. The molecule has 0 N–H and O–H groups in total. The summed E-state index contributed by atoms with van der Waals surface area (Å²) < 4.78 is 0. The summed E-state index contributed by atoms with van der Waals surface area (Å²) in [7, 11) is 0. The number of rotatable bonds is 4. The molecule has 1 heterocycles. The van der Waals surface area contributed by atoms with Gasteiger partial charge in [0.1, 0.15) is 0 Å². The Labute approximate surface area is 89.5 Å². The predicted molar refractivity (Wildman–Crippen MR) is 60.3 cm³/mol. The molecular formula is C11H14N2S. The Bertz CT molecular complexity index is 321. The molecule has 3 heteroatoms. The number of hydrogen-bond donors (Lipinski definition) is 0. The number of aryl methyl sites for hydroxylation is 2. The number of nitrogens with zero attached hydrogens (tertiary/aromatic N) is 2. The summed E-state index contributed by atoms with van der Waals surface area (Å²) in [4.78, 5) is 8.66. The largest absolute Gasteiger partial charge is 0.228 e. The molecule has 0 aliphatic carbocycles. The van der Waals surface area contributed by atoms with Crippen LogP contribution < -0.4 is 0 Å². The average molecular weight is 206 g/mol. The summed E-state index contributed by atoms with van der Waals surface area (Å²) in [5, 5.41) is 0.861. The second kappa shape index (κ2) is 5.66. The van der Waals surface area contributed by atoms with E-state index < -0.39 is 0 Å². The summed E-state index contributed by atoms with van der Waals surface area (Å²) in [6.45, 7) is 3.97. The van der Waals surface area contributed by atoms with Gasteiger partial charge in [0.25, 0.3) is 0 Å². The Morgan fingerprint density at radius 1 is 1.36 bits per heavy atom. The molecule has 0 aliphatic heterocycles. The molecule has 1 aromatic rings. The number of terminal acetylenes is 1. The molecule has 0 fully saturated rings. The second-order valence-electron chi connectivity index (χ2n) is 3.09. The molecular weight excluding hydrogens is 192 g/mol. The second-order valence-corrected chi connectivity index (χ2v) is 4.15. The highest BCUT2D eigenvalue weighted by Gasteiger charge is 1.99. The minimum absolute atomic E-state index is 0.831. The maximum Gasteiger partial charge on any atom is 0.187 e. The van der Waals surface area contributed by atoms with Crippen molar-refractivity contribution in [3.8, 4) is 12.3 Å². The zero-order chi connectivity index (χ0) is 10.4. The number of aromatic nitrogens is 2. The van der Waals surface area contributed by atoms with E-state index in [0.717, 1.165) is 35.1 Å². The van der Waals surface area contributed by atoms with Crippen LogP contribution in [0.3, 0.4) is 0 Å². The molecule has 0 bridgehead atoms. The Kier molecular flexibility index (Phi) is 4.48. The fraction of sp³-hybridized carbons (Fsp3) is 0.455. The van der Waals surface area contributed by atoms with Crippen molar-refractivity contribution < 1.29 is 0 Å². The predicted octanol–water partition coefficient (Wildman–Crippen LogP) is 2.60. The van der Waals surface area contributed by atoms with Crippen LogP contribution in [-0.4, -0.2) is 15.7 Å². The average Bonchev–Trinajstić information content (AvgIpc) is 2.11. The van der Waals surface area contributed by atoms with Gasteiger partial charge in [-0.3, -0.25) is 0 Å². The lowest BCUT2D eigenvalue weighted by Crippen LogP contribution is -1.93. The minimum Gasteiger partial charge on any atom is -0.228 e. The first-order chi connectivity index (χ1) is 6.72. The number of thioether (sulfide) groups is 1. The molecule has 0 unspecified atom stereocenters. The van der Waals surface area contributed by atoms with Crippen LogP contribution in [0.4, 0.5) is 0 Å². The molecule has 14 heavy (non-hydrogen) atoms. The number of unbranched alkanes of at least 4 members (excludes halogenated alkanes) is 1. The fourth-order valence-corrected chi connectivity index (χ4v) is 1.98. The summed E-state index contributed by atoms with van der Waals surface area (Å²) in [5.41, 5.74) is 2.05. The van der Waals surface area contributed by atoms with Crippen molar-refractivity contribution in [2.45, 2.75) is 31.8 Å². The Morgan fingerprint density at radius 3 is 2.57 bits per heavy atom. The van der Waals surface area contributed by atoms with E-state index in [9.17, 15) is 0 Å². The minimum atomic E-state index is 0.831. The number of hydrogen-bond acceptors (Lipinski definition) is 3. The van der Waals surface area contributed by atoms with Gasteiger partial charge in [-0.25, -0.2) is 9.97 Å². The zero-order valence-electron chi connectivity index (χ0n) is 8.58. The molecule has 0 saturated carbocycles. The van der Waals surface area contributed by atoms with Gasteiger partial charge in [-0.15, -0.1) is 12.3 Å². The molecule has 2 nitrogen and oxygen atoms in total. The highest BCUT2D eigenvalue weighted by molar-refractivity contribution is 7.99. The highest BCUT2D eigenvalue weighted by Crippen LogP contribution is 2.15. The quantitative estimate of drug-likeness (QED) is 0.328. The lowest BCUT2D eigenvalue weighted by Gasteiger charge is -2.01. The van der Waals surface area contributed by atoms with Crippen LogP contribution in [0.25, 0.3) is 0 Å². The molecule has 74 valence electrons. The summed E-state index contributed by atoms with van der Waals surface area (Å²) in [5.74, 6) is 3.62. The van der Waals surface area contributed by atoms with Gasteiger partial charge in [-0.2, -0.15) is 0 Å². The molecule has 0 radical (unpaired) electrons. The Morgan fingerprint density at radius 2 is 2.00 bits per heavy atom. The monoisotopic (exact) mass is 206 g/mol. The van der Waals surface area contributed by atoms with Crippen molar-refractivity contribution in [3.05, 3.63) is 17.5 Å². The molecule has 0 spiro atoms. The summed E-state index contributed by atoms with van der Waals surface area (Å²) in [6, 6.07) is 1.98. The van der Waals surface area contributed by atoms with Gasteiger partial charge in [0.15, 0.2) is 5.16 Å². The van der Waals surface area contributed by atoms with Crippen LogP contribution in [0, 0.1) is 26.2 Å². The van der Waals surface area contributed by atoms with Gasteiger partial charge >= 0.3 is 0 Å². The standard InChI is InChI=1S/C11H14N2S/c1-4-5-6-7-14-11-12-9(2)8-10(3)13-11/h1,8H,5-7H2,2-3H3. The van der Waals surface area contributed by atoms with Crippen LogP contribution >= 0.6 is 11.8 Å². The fourth-order valence-electron chi connectivity index (χ4n) is 1.10. The van der Waals surface area contributed by atoms with E-state index in [1.807, 2.05) is 19.9 Å². The van der Waals surface area contributed by atoms with Crippen molar-refractivity contribution >= 4 is 11.8 Å². The lowest BCUT2D eigenvalue weighted by molar-refractivity contribution is 0.896. The summed E-state index contributed by atoms with van der Waals surface area (Å²) >= 11 is 1.67. The van der Waals surface area contributed by atoms with Crippen molar-refractivity contribution in [1.29, 1.82) is 0 Å². The zero-order valence-corrected chi connectivity index (χ0v) is 9.40. The first kappa shape index (κ1) is 11.1. The van der Waals surface area contributed by atoms with Gasteiger partial charge in [0, 0.05) is 23.6 Å². The Hall–Kier alpha value is -1.01. The van der Waals surface area contributed by atoms with E-state index in [0.29, 0.717) is 0 Å². The third-order valence-corrected chi connectivity index (χ3v) is 2.59. The third kappa shape index (κ3) is 3.80. The van der Waals surface area contributed by atoms with Gasteiger partial charge in [-0.1, -0.05) is 11.8 Å². The summed E-state index contributed by atoms with van der Waals surface area (Å²) in [6.07, 6.45) is 7.02. The molecule has 1 aromatic heterocycles. The van der Waals surface area contributed by atoms with Crippen LogP contribution in [0.15, 0.2) is 11.2 Å². The van der Waals surface area contributed by atoms with Crippen molar-refractivity contribution in [3.63, 3.8) is 0 Å². The van der Waals surface area contributed by atoms with Crippen LogP contribution in [0.2, 0.25) is 0 Å². The lowest BCUT2D eigenvalue weighted by atomic mass is 10.4. The molecule has 0 saturated heterocycles. The van der Waals surface area contributed by atoms with E-state index in [2.05, 4.69) is 15.9 Å². The maximum absolute atomic E-state index is 5.17. The topological polar surface area (TPSA) is 25.8 Å². The molecule has 0 aliphatic rings. The molecule has 1 rings (SSSR count). The van der Waals surface area contributed by atoms with E-state index in [1.54, 1.807) is 11.8 Å². The van der Waals surface area contributed by atoms with E-state index in [4.69, 9.17) is 6.42 Å². The van der Waals surface area contributed by atoms with E-state index in [-0.39, 0.29) is 0 Å². The van der Waals surface area contributed by atoms with E-state index in [1.165, 1.54) is 0 Å². The maximum atomic E-state index is 5.17. The van der Waals surface area contributed by atoms with Crippen LogP contribution in [-0.2, 0) is 0 Å². The van der Waals surface area contributed by atoms with Gasteiger partial charge in [0.2, 0.25) is 0 Å². The molecule has 0 amide bonds. The van der Waals surface area contributed by atoms with Crippen LogP contribution in [0.5, 0.6) is 0 Å². The smallest absolute Gasteiger partial charge is 0.187 e. The van der Waals surface area contributed by atoms with Gasteiger partial charge in [-0.05, 0) is 26.3 Å².